The third kappa shape index (κ3) is 2.09. The van der Waals surface area contributed by atoms with Crippen molar-refractivity contribution in [2.75, 3.05) is 6.61 Å². The van der Waals surface area contributed by atoms with Crippen LogP contribution in [0.5, 0.6) is 0 Å². The van der Waals surface area contributed by atoms with Crippen molar-refractivity contribution in [2.24, 2.45) is 0 Å². The van der Waals surface area contributed by atoms with E-state index in [2.05, 4.69) is 11.1 Å². The van der Waals surface area contributed by atoms with Gasteiger partial charge in [-0.25, -0.2) is 0 Å². The lowest BCUT2D eigenvalue weighted by atomic mass is 9.97. The molecule has 1 aliphatic rings. The van der Waals surface area contributed by atoms with E-state index in [1.165, 1.54) is 10.9 Å². The number of aliphatic hydroxyl groups is 1. The minimum atomic E-state index is -0.574. The number of carbonyl (C=O) groups excluding carboxylic acids is 1. The van der Waals surface area contributed by atoms with Crippen LogP contribution in [0.2, 0.25) is 0 Å². The molecule has 0 saturated carbocycles. The Bertz CT molecular complexity index is 650. The number of para-hydroxylation sites is 1. The third-order valence-electron chi connectivity index (χ3n) is 3.95. The number of rotatable bonds is 2. The number of halogens is 1. The maximum Gasteiger partial charge on any atom is 0.241 e. The number of carbonyl (C=O) groups is 1. The number of nitrogens with zero attached hydrogens (tertiary/aromatic N) is 1. The third-order valence-corrected chi connectivity index (χ3v) is 4.13. The number of hydrogen-bond donors (Lipinski definition) is 2. The number of hydrogen-bond acceptors (Lipinski definition) is 2. The minimum Gasteiger partial charge on any atom is -0.394 e. The van der Waals surface area contributed by atoms with E-state index in [0.29, 0.717) is 13.0 Å². The van der Waals surface area contributed by atoms with Crippen molar-refractivity contribution in [2.45, 2.75) is 31.3 Å². The summed E-state index contributed by atoms with van der Waals surface area (Å²) in [6, 6.07) is 7.88. The lowest BCUT2D eigenvalue weighted by molar-refractivity contribution is -0.135. The first kappa shape index (κ1) is 13.5. The summed E-state index contributed by atoms with van der Waals surface area (Å²) in [5, 5.41) is 10.2. The molecule has 20 heavy (non-hydrogen) atoms. The molecule has 106 valence electrons. The quantitative estimate of drug-likeness (QED) is 0.832. The molecule has 1 amide bonds. The number of aromatic nitrogens is 1. The zero-order chi connectivity index (χ0) is 14.3. The lowest BCUT2D eigenvalue weighted by Crippen LogP contribution is -2.48. The summed E-state index contributed by atoms with van der Waals surface area (Å²) in [5.41, 5.74) is 3.31. The van der Waals surface area contributed by atoms with Gasteiger partial charge >= 0.3 is 0 Å². The first-order chi connectivity index (χ1) is 9.61. The highest BCUT2D eigenvalue weighted by Gasteiger charge is 2.32. The molecule has 4 nitrogen and oxygen atoms in total. The fraction of sp³-hybridized carbons (Fsp3) is 0.400. The standard InChI is InChI=1S/C15H17ClN2O2/c1-9(16)15(20)18-7-14-12(6-10(18)8-19)11-4-2-3-5-13(11)17-14/h2-5,9-10,17,19H,6-8H2,1H3. The number of amides is 1. The van der Waals surface area contributed by atoms with Crippen LogP contribution in [0.3, 0.4) is 0 Å². The number of nitrogens with one attached hydrogen (secondary N) is 1. The molecule has 5 heteroatoms. The van der Waals surface area contributed by atoms with E-state index in [4.69, 9.17) is 11.6 Å². The molecule has 2 aromatic rings. The van der Waals surface area contributed by atoms with Gasteiger partial charge in [0.25, 0.3) is 0 Å². The molecule has 0 bridgehead atoms. The largest absolute Gasteiger partial charge is 0.394 e. The highest BCUT2D eigenvalue weighted by molar-refractivity contribution is 6.30. The second-order valence-corrected chi connectivity index (χ2v) is 5.91. The predicted octanol–water partition coefficient (Wildman–Crippen LogP) is 2.04. The van der Waals surface area contributed by atoms with E-state index < -0.39 is 5.38 Å². The van der Waals surface area contributed by atoms with Gasteiger partial charge in [-0.3, -0.25) is 4.79 Å². The van der Waals surface area contributed by atoms with Crippen LogP contribution >= 0.6 is 11.6 Å². The molecule has 2 atom stereocenters. The Morgan fingerprint density at radius 2 is 2.30 bits per heavy atom. The molecular weight excluding hydrogens is 276 g/mol. The van der Waals surface area contributed by atoms with Crippen LogP contribution in [0.4, 0.5) is 0 Å². The number of fused-ring (bicyclic) bond motifs is 3. The molecule has 2 heterocycles. The molecule has 1 aromatic carbocycles. The predicted molar refractivity (Wildman–Crippen MR) is 78.7 cm³/mol. The summed E-state index contributed by atoms with van der Waals surface area (Å²) in [6.45, 7) is 2.10. The summed E-state index contributed by atoms with van der Waals surface area (Å²) in [4.78, 5) is 17.2. The number of alkyl halides is 1. The SMILES string of the molecule is CC(Cl)C(=O)N1Cc2[nH]c3ccccc3c2CC1CO. The highest BCUT2D eigenvalue weighted by Crippen LogP contribution is 2.30. The van der Waals surface area contributed by atoms with Crippen molar-refractivity contribution in [3.05, 3.63) is 35.5 Å². The van der Waals surface area contributed by atoms with Crippen LogP contribution in [0.25, 0.3) is 10.9 Å². The van der Waals surface area contributed by atoms with E-state index in [-0.39, 0.29) is 18.6 Å². The fourth-order valence-electron chi connectivity index (χ4n) is 2.92. The Kier molecular flexibility index (Phi) is 3.44. The molecular formula is C15H17ClN2O2. The van der Waals surface area contributed by atoms with Crippen LogP contribution < -0.4 is 0 Å². The van der Waals surface area contributed by atoms with Crippen LogP contribution in [-0.4, -0.2) is 38.9 Å². The van der Waals surface area contributed by atoms with Crippen LogP contribution in [0.1, 0.15) is 18.2 Å². The van der Waals surface area contributed by atoms with Crippen molar-refractivity contribution in [1.29, 1.82) is 0 Å². The zero-order valence-corrected chi connectivity index (χ0v) is 12.0. The Labute approximate surface area is 122 Å². The molecule has 0 aliphatic carbocycles. The van der Waals surface area contributed by atoms with Gasteiger partial charge in [-0.1, -0.05) is 18.2 Å². The molecule has 1 aromatic heterocycles. The average Bonchev–Trinajstić information content (AvgIpc) is 2.82. The molecule has 0 spiro atoms. The zero-order valence-electron chi connectivity index (χ0n) is 11.3. The Balaban J connectivity index is 2.03. The lowest BCUT2D eigenvalue weighted by Gasteiger charge is -2.35. The molecule has 1 aliphatic heterocycles. The highest BCUT2D eigenvalue weighted by atomic mass is 35.5. The van der Waals surface area contributed by atoms with Crippen molar-refractivity contribution >= 4 is 28.4 Å². The summed E-state index contributed by atoms with van der Waals surface area (Å²) in [5.74, 6) is -0.130. The Morgan fingerprint density at radius 1 is 1.55 bits per heavy atom. The number of benzene rings is 1. The van der Waals surface area contributed by atoms with Crippen molar-refractivity contribution in [3.8, 4) is 0 Å². The molecule has 0 saturated heterocycles. The van der Waals surface area contributed by atoms with Gasteiger partial charge in [0.2, 0.25) is 5.91 Å². The second kappa shape index (κ2) is 5.11. The number of H-pyrrole nitrogens is 1. The maximum atomic E-state index is 12.2. The van der Waals surface area contributed by atoms with Gasteiger partial charge < -0.3 is 15.0 Å². The summed E-state index contributed by atoms with van der Waals surface area (Å²) in [6.07, 6.45) is 0.658. The molecule has 0 fully saturated rings. The first-order valence-electron chi connectivity index (χ1n) is 6.75. The molecule has 0 radical (unpaired) electrons. The average molecular weight is 293 g/mol. The van der Waals surface area contributed by atoms with Gasteiger partial charge in [0.1, 0.15) is 5.38 Å². The van der Waals surface area contributed by atoms with Crippen molar-refractivity contribution in [1.82, 2.24) is 9.88 Å². The molecule has 2 N–H and O–H groups in total. The summed E-state index contributed by atoms with van der Waals surface area (Å²) in [7, 11) is 0. The second-order valence-electron chi connectivity index (χ2n) is 5.25. The fourth-order valence-corrected chi connectivity index (χ4v) is 3.04. The van der Waals surface area contributed by atoms with Crippen molar-refractivity contribution in [3.63, 3.8) is 0 Å². The van der Waals surface area contributed by atoms with Gasteiger partial charge in [0, 0.05) is 16.6 Å². The Morgan fingerprint density at radius 3 is 3.00 bits per heavy atom. The maximum absolute atomic E-state index is 12.2. The van der Waals surface area contributed by atoms with Crippen LogP contribution in [0.15, 0.2) is 24.3 Å². The van der Waals surface area contributed by atoms with Gasteiger partial charge in [0.05, 0.1) is 19.2 Å². The van der Waals surface area contributed by atoms with E-state index in [1.807, 2.05) is 18.2 Å². The van der Waals surface area contributed by atoms with Crippen molar-refractivity contribution < 1.29 is 9.90 Å². The van der Waals surface area contributed by atoms with Crippen LogP contribution in [-0.2, 0) is 17.8 Å². The van der Waals surface area contributed by atoms with Gasteiger partial charge in [-0.05, 0) is 25.0 Å². The van der Waals surface area contributed by atoms with E-state index in [9.17, 15) is 9.90 Å². The van der Waals surface area contributed by atoms with E-state index in [1.54, 1.807) is 11.8 Å². The normalized spacial score (nSPS) is 19.9. The number of aliphatic hydroxyl groups excluding tert-OH is 1. The summed E-state index contributed by atoms with van der Waals surface area (Å²) < 4.78 is 0. The minimum absolute atomic E-state index is 0.0473. The molecule has 2 unspecified atom stereocenters. The topological polar surface area (TPSA) is 56.3 Å². The van der Waals surface area contributed by atoms with Crippen LogP contribution in [0, 0.1) is 0 Å². The van der Waals surface area contributed by atoms with E-state index >= 15 is 0 Å². The van der Waals surface area contributed by atoms with Gasteiger partial charge in [0.15, 0.2) is 0 Å². The number of aromatic amines is 1. The van der Waals surface area contributed by atoms with Gasteiger partial charge in [-0.15, -0.1) is 11.6 Å². The van der Waals surface area contributed by atoms with Gasteiger partial charge in [-0.2, -0.15) is 0 Å². The first-order valence-corrected chi connectivity index (χ1v) is 7.19. The summed E-state index contributed by atoms with van der Waals surface area (Å²) >= 11 is 5.91. The monoisotopic (exact) mass is 292 g/mol. The smallest absolute Gasteiger partial charge is 0.241 e. The van der Waals surface area contributed by atoms with E-state index in [0.717, 1.165) is 11.2 Å². The molecule has 3 rings (SSSR count). The Hall–Kier alpha value is -1.52.